The monoisotopic (exact) mass is 250 g/mol. The maximum atomic E-state index is 12.4. The van der Waals surface area contributed by atoms with Crippen LogP contribution in [-0.2, 0) is 0 Å². The Kier molecular flexibility index (Phi) is 2.97. The molecule has 3 rings (SSSR count). The van der Waals surface area contributed by atoms with Crippen molar-refractivity contribution in [2.45, 2.75) is 18.1 Å². The van der Waals surface area contributed by atoms with Crippen LogP contribution in [0.2, 0.25) is 0 Å². The summed E-state index contributed by atoms with van der Waals surface area (Å²) in [4.78, 5) is 12.4. The Hall–Kier alpha value is -1.16. The Balaban J connectivity index is 1.94. The van der Waals surface area contributed by atoms with Crippen molar-refractivity contribution < 1.29 is 14.3 Å². The lowest BCUT2D eigenvalue weighted by atomic mass is 10.0. The first-order chi connectivity index (χ1) is 8.36. The van der Waals surface area contributed by atoms with Crippen LogP contribution >= 0.6 is 11.8 Å². The van der Waals surface area contributed by atoms with Crippen LogP contribution in [0.1, 0.15) is 23.2 Å². The van der Waals surface area contributed by atoms with Gasteiger partial charge in [-0.05, 0) is 30.7 Å². The van der Waals surface area contributed by atoms with Gasteiger partial charge in [0.1, 0.15) is 13.2 Å². The van der Waals surface area contributed by atoms with E-state index in [0.29, 0.717) is 30.3 Å². The van der Waals surface area contributed by atoms with Gasteiger partial charge in [-0.25, -0.2) is 0 Å². The Morgan fingerprint density at radius 2 is 2.18 bits per heavy atom. The molecule has 4 heteroatoms. The van der Waals surface area contributed by atoms with Gasteiger partial charge in [0.05, 0.1) is 10.8 Å². The van der Waals surface area contributed by atoms with E-state index in [2.05, 4.69) is 0 Å². The highest BCUT2D eigenvalue weighted by atomic mass is 32.2. The number of fused-ring (bicyclic) bond motifs is 1. The van der Waals surface area contributed by atoms with Crippen molar-refractivity contribution in [1.82, 2.24) is 0 Å². The number of para-hydroxylation sites is 1. The predicted molar refractivity (Wildman–Crippen MR) is 67.2 cm³/mol. The Bertz CT molecular complexity index is 438. The van der Waals surface area contributed by atoms with Crippen molar-refractivity contribution in [2.75, 3.05) is 19.0 Å². The lowest BCUT2D eigenvalue weighted by molar-refractivity contribution is 0.0977. The van der Waals surface area contributed by atoms with Gasteiger partial charge in [0, 0.05) is 0 Å². The van der Waals surface area contributed by atoms with E-state index in [-0.39, 0.29) is 11.0 Å². The molecule has 1 unspecified atom stereocenters. The molecule has 1 atom stereocenters. The molecule has 90 valence electrons. The molecule has 1 aromatic rings. The summed E-state index contributed by atoms with van der Waals surface area (Å²) in [5.41, 5.74) is 0.682. The largest absolute Gasteiger partial charge is 0.486 e. The fourth-order valence-corrected chi connectivity index (χ4v) is 3.46. The van der Waals surface area contributed by atoms with E-state index in [0.717, 1.165) is 18.6 Å². The van der Waals surface area contributed by atoms with Crippen LogP contribution in [0, 0.1) is 0 Å². The van der Waals surface area contributed by atoms with Gasteiger partial charge in [0.2, 0.25) is 0 Å². The normalized spacial score (nSPS) is 22.5. The van der Waals surface area contributed by atoms with Crippen LogP contribution in [0.5, 0.6) is 11.5 Å². The van der Waals surface area contributed by atoms with E-state index in [9.17, 15) is 4.79 Å². The summed E-state index contributed by atoms with van der Waals surface area (Å²) < 4.78 is 11.1. The van der Waals surface area contributed by atoms with E-state index in [1.807, 2.05) is 18.2 Å². The number of ketones is 1. The fourth-order valence-electron chi connectivity index (χ4n) is 2.23. The van der Waals surface area contributed by atoms with Gasteiger partial charge in [-0.3, -0.25) is 4.79 Å². The van der Waals surface area contributed by atoms with Gasteiger partial charge in [-0.2, -0.15) is 11.8 Å². The summed E-state index contributed by atoms with van der Waals surface area (Å²) in [5, 5.41) is 0.104. The van der Waals surface area contributed by atoms with Crippen LogP contribution in [0.3, 0.4) is 0 Å². The predicted octanol–water partition coefficient (Wildman–Crippen LogP) is 2.54. The van der Waals surface area contributed by atoms with Crippen molar-refractivity contribution in [2.24, 2.45) is 0 Å². The van der Waals surface area contributed by atoms with Crippen molar-refractivity contribution in [3.63, 3.8) is 0 Å². The first-order valence-electron chi connectivity index (χ1n) is 5.91. The first kappa shape index (κ1) is 11.0. The molecule has 1 aromatic carbocycles. The Morgan fingerprint density at radius 1 is 1.29 bits per heavy atom. The molecule has 0 bridgehead atoms. The summed E-state index contributed by atoms with van der Waals surface area (Å²) in [5.74, 6) is 2.61. The minimum absolute atomic E-state index is 0.104. The molecular weight excluding hydrogens is 236 g/mol. The standard InChI is InChI=1S/C13H14O3S/c14-12(11-5-2-8-17-11)9-3-1-4-10-13(9)16-7-6-15-10/h1,3-4,11H,2,5-8H2. The van der Waals surface area contributed by atoms with Crippen LogP contribution in [0.15, 0.2) is 18.2 Å². The number of thioether (sulfide) groups is 1. The topological polar surface area (TPSA) is 35.5 Å². The SMILES string of the molecule is O=C(c1cccc2c1OCCO2)C1CCCS1. The average molecular weight is 250 g/mol. The molecule has 2 aliphatic rings. The number of ether oxygens (including phenoxy) is 2. The molecule has 0 amide bonds. The minimum Gasteiger partial charge on any atom is -0.486 e. The summed E-state index contributed by atoms with van der Waals surface area (Å²) in [6, 6.07) is 5.56. The summed E-state index contributed by atoms with van der Waals surface area (Å²) in [6.07, 6.45) is 2.11. The molecule has 0 aliphatic carbocycles. The van der Waals surface area contributed by atoms with E-state index >= 15 is 0 Å². The summed E-state index contributed by atoms with van der Waals surface area (Å²) >= 11 is 1.75. The van der Waals surface area contributed by atoms with Crippen molar-refractivity contribution in [1.29, 1.82) is 0 Å². The number of benzene rings is 1. The maximum Gasteiger partial charge on any atom is 0.179 e. The number of hydrogen-bond acceptors (Lipinski definition) is 4. The van der Waals surface area contributed by atoms with E-state index in [1.54, 1.807) is 11.8 Å². The van der Waals surface area contributed by atoms with Gasteiger partial charge in [-0.1, -0.05) is 6.07 Å². The molecular formula is C13H14O3S. The molecule has 2 aliphatic heterocycles. The van der Waals surface area contributed by atoms with E-state index in [4.69, 9.17) is 9.47 Å². The molecule has 1 saturated heterocycles. The molecule has 1 fully saturated rings. The summed E-state index contributed by atoms with van der Waals surface area (Å²) in [7, 11) is 0. The molecule has 0 radical (unpaired) electrons. The zero-order chi connectivity index (χ0) is 11.7. The van der Waals surface area contributed by atoms with Gasteiger partial charge < -0.3 is 9.47 Å². The average Bonchev–Trinajstić information content (AvgIpc) is 2.91. The van der Waals surface area contributed by atoms with Crippen LogP contribution in [-0.4, -0.2) is 30.0 Å². The Morgan fingerprint density at radius 3 is 3.00 bits per heavy atom. The first-order valence-corrected chi connectivity index (χ1v) is 6.95. The third kappa shape index (κ3) is 2.02. The smallest absolute Gasteiger partial charge is 0.179 e. The fraction of sp³-hybridized carbons (Fsp3) is 0.462. The zero-order valence-electron chi connectivity index (χ0n) is 9.48. The number of carbonyl (C=O) groups is 1. The van der Waals surface area contributed by atoms with Gasteiger partial charge in [0.15, 0.2) is 17.3 Å². The number of rotatable bonds is 2. The van der Waals surface area contributed by atoms with Crippen LogP contribution < -0.4 is 9.47 Å². The van der Waals surface area contributed by atoms with Crippen LogP contribution in [0.25, 0.3) is 0 Å². The molecule has 0 N–H and O–H groups in total. The third-order valence-electron chi connectivity index (χ3n) is 3.05. The van der Waals surface area contributed by atoms with Gasteiger partial charge >= 0.3 is 0 Å². The van der Waals surface area contributed by atoms with E-state index in [1.165, 1.54) is 0 Å². The quantitative estimate of drug-likeness (QED) is 0.756. The third-order valence-corrected chi connectivity index (χ3v) is 4.43. The molecule has 2 heterocycles. The molecule has 0 aromatic heterocycles. The number of hydrogen-bond donors (Lipinski definition) is 0. The lowest BCUT2D eigenvalue weighted by Gasteiger charge is -2.21. The van der Waals surface area contributed by atoms with Crippen molar-refractivity contribution in [3.8, 4) is 11.5 Å². The second-order valence-corrected chi connectivity index (χ2v) is 5.51. The zero-order valence-corrected chi connectivity index (χ0v) is 10.3. The minimum atomic E-state index is 0.104. The van der Waals surface area contributed by atoms with E-state index < -0.39 is 0 Å². The number of Topliss-reactive ketones (excluding diaryl/α,β-unsaturated/α-hetero) is 1. The highest BCUT2D eigenvalue weighted by Gasteiger charge is 2.28. The molecule has 3 nitrogen and oxygen atoms in total. The number of carbonyl (C=O) groups excluding carboxylic acids is 1. The van der Waals surface area contributed by atoms with Crippen LogP contribution in [0.4, 0.5) is 0 Å². The maximum absolute atomic E-state index is 12.4. The second kappa shape index (κ2) is 4.61. The Labute approximate surface area is 104 Å². The van der Waals surface area contributed by atoms with Gasteiger partial charge in [-0.15, -0.1) is 0 Å². The molecule has 0 spiro atoms. The van der Waals surface area contributed by atoms with Gasteiger partial charge in [0.25, 0.3) is 0 Å². The van der Waals surface area contributed by atoms with Crippen molar-refractivity contribution in [3.05, 3.63) is 23.8 Å². The summed E-state index contributed by atoms with van der Waals surface area (Å²) in [6.45, 7) is 1.08. The van der Waals surface area contributed by atoms with Crippen molar-refractivity contribution >= 4 is 17.5 Å². The highest BCUT2D eigenvalue weighted by Crippen LogP contribution is 2.37. The highest BCUT2D eigenvalue weighted by molar-refractivity contribution is 8.00. The molecule has 0 saturated carbocycles. The lowest BCUT2D eigenvalue weighted by Crippen LogP contribution is -2.20. The molecule has 17 heavy (non-hydrogen) atoms. The second-order valence-electron chi connectivity index (χ2n) is 4.20.